The normalized spacial score (nSPS) is 13.3. The zero-order valence-electron chi connectivity index (χ0n) is 18.6. The van der Waals surface area contributed by atoms with Crippen LogP contribution in [0.5, 0.6) is 0 Å². The number of rotatable bonds is 4. The van der Waals surface area contributed by atoms with Crippen LogP contribution in [0.25, 0.3) is 16.7 Å². The number of nitrogens with two attached hydrogens (primary N) is 1. The van der Waals surface area contributed by atoms with Crippen molar-refractivity contribution in [1.29, 1.82) is 0 Å². The molecule has 0 radical (unpaired) electrons. The number of ether oxygens (including phenoxy) is 1. The summed E-state index contributed by atoms with van der Waals surface area (Å²) in [6.45, 7) is 5.83. The minimum Gasteiger partial charge on any atom is -0.462 e. The summed E-state index contributed by atoms with van der Waals surface area (Å²) in [6.07, 6.45) is 3.72. The molecule has 33 heavy (non-hydrogen) atoms. The number of nitrogens with zero attached hydrogens (tertiary/aromatic N) is 5. The first-order valence-corrected chi connectivity index (χ1v) is 11.6. The highest BCUT2D eigenvalue weighted by Crippen LogP contribution is 2.39. The average Bonchev–Trinajstić information content (AvgIpc) is 3.32. The SMILES string of the molecule is CCOC(=O)c1c(NC(=O)c2nnc3c4c(C)cc(C)nc4nn3c2N)sc2c1CCCC2. The molecule has 0 aliphatic heterocycles. The predicted octanol–water partition coefficient (Wildman–Crippen LogP) is 3.24. The van der Waals surface area contributed by atoms with Crippen molar-refractivity contribution in [3.8, 4) is 0 Å². The molecular weight excluding hydrogens is 442 g/mol. The van der Waals surface area contributed by atoms with Crippen molar-refractivity contribution in [2.75, 3.05) is 17.7 Å². The molecular formula is C22H23N7O3S. The van der Waals surface area contributed by atoms with Gasteiger partial charge in [0.05, 0.1) is 17.6 Å². The summed E-state index contributed by atoms with van der Waals surface area (Å²) in [5.41, 5.74) is 10.3. The molecule has 0 atom stereocenters. The van der Waals surface area contributed by atoms with E-state index in [0.29, 0.717) is 21.9 Å². The van der Waals surface area contributed by atoms with E-state index in [0.717, 1.165) is 52.8 Å². The topological polar surface area (TPSA) is 137 Å². The maximum absolute atomic E-state index is 13.2. The van der Waals surface area contributed by atoms with Gasteiger partial charge in [0.2, 0.25) is 0 Å². The van der Waals surface area contributed by atoms with Crippen molar-refractivity contribution in [2.24, 2.45) is 0 Å². The second kappa shape index (κ2) is 8.07. The molecule has 1 aliphatic rings. The van der Waals surface area contributed by atoms with Crippen molar-refractivity contribution in [2.45, 2.75) is 46.5 Å². The standard InChI is InChI=1S/C22H23N7O3S/c1-4-32-22(31)15-12-7-5-6-8-13(12)33-21(15)25-20(30)16-17(23)29-19(27-26-16)14-10(2)9-11(3)24-18(14)28-29/h9H,4-8,23H2,1-3H3,(H,25,30). The predicted molar refractivity (Wildman–Crippen MR) is 125 cm³/mol. The summed E-state index contributed by atoms with van der Waals surface area (Å²) in [7, 11) is 0. The third-order valence-corrected chi connectivity index (χ3v) is 6.96. The number of nitrogens with one attached hydrogen (secondary N) is 1. The van der Waals surface area contributed by atoms with Gasteiger partial charge in [0.25, 0.3) is 5.91 Å². The van der Waals surface area contributed by atoms with E-state index in [1.54, 1.807) is 6.92 Å². The van der Waals surface area contributed by atoms with Gasteiger partial charge < -0.3 is 15.8 Å². The fourth-order valence-corrected chi connectivity index (χ4v) is 5.59. The fraction of sp³-hybridized carbons (Fsp3) is 0.364. The Bertz CT molecular complexity index is 1440. The van der Waals surface area contributed by atoms with Crippen LogP contribution in [0, 0.1) is 13.8 Å². The van der Waals surface area contributed by atoms with Crippen molar-refractivity contribution >= 4 is 50.7 Å². The van der Waals surface area contributed by atoms with E-state index in [4.69, 9.17) is 10.5 Å². The largest absolute Gasteiger partial charge is 0.462 e. The number of anilines is 2. The third-order valence-electron chi connectivity index (χ3n) is 5.75. The van der Waals surface area contributed by atoms with E-state index < -0.39 is 11.9 Å². The van der Waals surface area contributed by atoms with Gasteiger partial charge in [0, 0.05) is 10.6 Å². The van der Waals surface area contributed by atoms with Crippen LogP contribution in [0.15, 0.2) is 6.07 Å². The highest BCUT2D eigenvalue weighted by Gasteiger charge is 2.29. The van der Waals surface area contributed by atoms with E-state index >= 15 is 0 Å². The minimum absolute atomic E-state index is 0.0477. The third kappa shape index (κ3) is 3.48. The number of nitrogen functional groups attached to an aromatic ring is 1. The van der Waals surface area contributed by atoms with Gasteiger partial charge in [-0.15, -0.1) is 26.6 Å². The second-order valence-electron chi connectivity index (χ2n) is 8.04. The van der Waals surface area contributed by atoms with E-state index in [-0.39, 0.29) is 18.1 Å². The van der Waals surface area contributed by atoms with Crippen LogP contribution < -0.4 is 11.1 Å². The van der Waals surface area contributed by atoms with E-state index in [1.165, 1.54) is 15.9 Å². The lowest BCUT2D eigenvalue weighted by atomic mass is 9.95. The molecule has 0 bridgehead atoms. The van der Waals surface area contributed by atoms with Crippen LogP contribution in [0.3, 0.4) is 0 Å². The van der Waals surface area contributed by atoms with Gasteiger partial charge in [0.1, 0.15) is 5.00 Å². The van der Waals surface area contributed by atoms with E-state index in [1.807, 2.05) is 19.9 Å². The first-order valence-electron chi connectivity index (χ1n) is 10.8. The van der Waals surface area contributed by atoms with E-state index in [9.17, 15) is 9.59 Å². The molecule has 4 aromatic rings. The average molecular weight is 466 g/mol. The maximum atomic E-state index is 13.2. The molecule has 1 amide bonds. The highest BCUT2D eigenvalue weighted by atomic mass is 32.1. The molecule has 1 aliphatic carbocycles. The lowest BCUT2D eigenvalue weighted by Gasteiger charge is -2.12. The summed E-state index contributed by atoms with van der Waals surface area (Å²) in [5, 5.41) is 16.8. The summed E-state index contributed by atoms with van der Waals surface area (Å²) < 4.78 is 6.65. The molecule has 0 saturated heterocycles. The molecule has 10 nitrogen and oxygen atoms in total. The van der Waals surface area contributed by atoms with Crippen LogP contribution in [0.4, 0.5) is 10.8 Å². The first kappa shape index (κ1) is 21.3. The molecule has 170 valence electrons. The smallest absolute Gasteiger partial charge is 0.341 e. The number of amides is 1. The molecule has 0 spiro atoms. The van der Waals surface area contributed by atoms with Crippen molar-refractivity contribution in [1.82, 2.24) is 24.8 Å². The Kier molecular flexibility index (Phi) is 5.20. The van der Waals surface area contributed by atoms with E-state index in [2.05, 4.69) is 25.6 Å². The monoisotopic (exact) mass is 465 g/mol. The Morgan fingerprint density at radius 3 is 2.82 bits per heavy atom. The van der Waals surface area contributed by atoms with Gasteiger partial charge in [-0.2, -0.15) is 4.52 Å². The summed E-state index contributed by atoms with van der Waals surface area (Å²) in [6, 6.07) is 1.93. The number of aryl methyl sites for hydroxylation is 3. The Balaban J connectivity index is 1.55. The number of carbonyl (C=O) groups excluding carboxylic acids is 2. The van der Waals surface area contributed by atoms with Crippen LogP contribution in [0.1, 0.15) is 62.3 Å². The summed E-state index contributed by atoms with van der Waals surface area (Å²) >= 11 is 1.40. The first-order chi connectivity index (χ1) is 15.9. The number of hydrogen-bond donors (Lipinski definition) is 2. The second-order valence-corrected chi connectivity index (χ2v) is 9.14. The number of hydrogen-bond acceptors (Lipinski definition) is 9. The maximum Gasteiger partial charge on any atom is 0.341 e. The van der Waals surface area contributed by atoms with Crippen LogP contribution in [-0.2, 0) is 17.6 Å². The van der Waals surface area contributed by atoms with Crippen LogP contribution in [-0.4, -0.2) is 43.3 Å². The number of pyridine rings is 1. The van der Waals surface area contributed by atoms with Crippen LogP contribution >= 0.6 is 11.3 Å². The lowest BCUT2D eigenvalue weighted by Crippen LogP contribution is -2.20. The molecule has 5 rings (SSSR count). The van der Waals surface area contributed by atoms with Gasteiger partial charge in [-0.3, -0.25) is 4.79 Å². The molecule has 3 N–H and O–H groups in total. The number of thiophene rings is 1. The molecule has 4 heterocycles. The van der Waals surface area contributed by atoms with Gasteiger partial charge in [-0.05, 0) is 63.6 Å². The van der Waals surface area contributed by atoms with Gasteiger partial charge in [0.15, 0.2) is 22.8 Å². The van der Waals surface area contributed by atoms with Gasteiger partial charge in [-0.25, -0.2) is 9.78 Å². The Labute approximate surface area is 193 Å². The van der Waals surface area contributed by atoms with Crippen molar-refractivity contribution in [3.05, 3.63) is 39.0 Å². The van der Waals surface area contributed by atoms with Crippen molar-refractivity contribution < 1.29 is 14.3 Å². The quantitative estimate of drug-likeness (QED) is 0.438. The zero-order chi connectivity index (χ0) is 23.3. The molecule has 0 fully saturated rings. The minimum atomic E-state index is -0.563. The number of aromatic nitrogens is 5. The number of carbonyl (C=O) groups is 2. The molecule has 0 saturated carbocycles. The number of fused-ring (bicyclic) bond motifs is 4. The van der Waals surface area contributed by atoms with Gasteiger partial charge in [-0.1, -0.05) is 0 Å². The van der Waals surface area contributed by atoms with Gasteiger partial charge >= 0.3 is 5.97 Å². The number of esters is 1. The Hall–Kier alpha value is -3.60. The summed E-state index contributed by atoms with van der Waals surface area (Å²) in [5.74, 6) is -0.949. The Morgan fingerprint density at radius 1 is 1.24 bits per heavy atom. The molecule has 0 aromatic carbocycles. The van der Waals surface area contributed by atoms with Crippen LogP contribution in [0.2, 0.25) is 0 Å². The van der Waals surface area contributed by atoms with Crippen molar-refractivity contribution in [3.63, 3.8) is 0 Å². The highest BCUT2D eigenvalue weighted by molar-refractivity contribution is 7.17. The Morgan fingerprint density at radius 2 is 2.03 bits per heavy atom. The zero-order valence-corrected chi connectivity index (χ0v) is 19.4. The molecule has 4 aromatic heterocycles. The summed E-state index contributed by atoms with van der Waals surface area (Å²) in [4.78, 5) is 31.4. The fourth-order valence-electron chi connectivity index (χ4n) is 4.32. The lowest BCUT2D eigenvalue weighted by molar-refractivity contribution is 0.0526. The molecule has 11 heteroatoms. The molecule has 0 unspecified atom stereocenters.